The van der Waals surface area contributed by atoms with Crippen molar-refractivity contribution in [3.05, 3.63) is 51.7 Å². The van der Waals surface area contributed by atoms with Crippen LogP contribution in [0.1, 0.15) is 42.2 Å². The van der Waals surface area contributed by atoms with Crippen LogP contribution in [0.5, 0.6) is 0 Å². The van der Waals surface area contributed by atoms with Crippen molar-refractivity contribution in [2.45, 2.75) is 46.6 Å². The number of benzene rings is 1. The van der Waals surface area contributed by atoms with Crippen LogP contribution in [0.2, 0.25) is 0 Å². The molecular weight excluding hydrogens is 382 g/mol. The second-order valence-electron chi connectivity index (χ2n) is 8.19. The summed E-state index contributed by atoms with van der Waals surface area (Å²) in [6.07, 6.45) is 3.82. The molecule has 1 fully saturated rings. The molecule has 0 bridgehead atoms. The van der Waals surface area contributed by atoms with Gasteiger partial charge in [-0.25, -0.2) is 0 Å². The summed E-state index contributed by atoms with van der Waals surface area (Å²) in [5, 5.41) is 6.45. The van der Waals surface area contributed by atoms with E-state index in [4.69, 9.17) is 12.2 Å². The Balaban J connectivity index is 1.58. The maximum absolute atomic E-state index is 5.81. The molecule has 1 aromatic heterocycles. The predicted molar refractivity (Wildman–Crippen MR) is 126 cm³/mol. The Morgan fingerprint density at radius 3 is 2.57 bits per heavy atom. The van der Waals surface area contributed by atoms with Gasteiger partial charge in [0.1, 0.15) is 0 Å². The summed E-state index contributed by atoms with van der Waals surface area (Å²) in [6, 6.07) is 10.8. The molecule has 0 unspecified atom stereocenters. The lowest BCUT2D eigenvalue weighted by Gasteiger charge is -2.31. The first-order valence-corrected chi connectivity index (χ1v) is 11.7. The van der Waals surface area contributed by atoms with Crippen molar-refractivity contribution in [3.63, 3.8) is 0 Å². The van der Waals surface area contributed by atoms with Gasteiger partial charge in [-0.05, 0) is 106 Å². The van der Waals surface area contributed by atoms with Crippen LogP contribution in [0, 0.1) is 19.8 Å². The van der Waals surface area contributed by atoms with E-state index in [1.807, 2.05) is 0 Å². The minimum atomic E-state index is 0.825. The van der Waals surface area contributed by atoms with E-state index in [2.05, 4.69) is 71.6 Å². The van der Waals surface area contributed by atoms with E-state index in [9.17, 15) is 0 Å². The Hall–Kier alpha value is -1.43. The largest absolute Gasteiger partial charge is 0.344 e. The second-order valence-corrected chi connectivity index (χ2v) is 9.60. The molecule has 0 amide bonds. The second kappa shape index (κ2) is 10.4. The maximum atomic E-state index is 5.81. The fourth-order valence-corrected chi connectivity index (χ4v) is 4.86. The highest BCUT2D eigenvalue weighted by Crippen LogP contribution is 2.18. The third-order valence-corrected chi connectivity index (χ3v) is 6.69. The minimum Gasteiger partial charge on any atom is -0.344 e. The topological polar surface area (TPSA) is 18.5 Å². The molecule has 0 atom stereocenters. The highest BCUT2D eigenvalue weighted by atomic mass is 32.1. The van der Waals surface area contributed by atoms with Gasteiger partial charge < -0.3 is 15.1 Å². The first-order valence-electron chi connectivity index (χ1n) is 10.4. The highest BCUT2D eigenvalue weighted by molar-refractivity contribution is 7.80. The molecule has 1 aliphatic rings. The van der Waals surface area contributed by atoms with Gasteiger partial charge in [-0.1, -0.05) is 19.1 Å². The molecule has 3 nitrogen and oxygen atoms in total. The fourth-order valence-electron chi connectivity index (χ4n) is 3.86. The molecule has 1 aromatic carbocycles. The molecule has 0 saturated carbocycles. The molecule has 1 N–H and O–H groups in total. The third kappa shape index (κ3) is 6.57. The fraction of sp³-hybridized carbons (Fsp3) is 0.522. The number of hydrogen-bond donors (Lipinski definition) is 1. The number of nitrogens with zero attached hydrogens (tertiary/aromatic N) is 2. The van der Waals surface area contributed by atoms with Gasteiger partial charge in [0.05, 0.1) is 6.54 Å². The number of anilines is 1. The number of rotatable bonds is 7. The molecule has 2 heterocycles. The van der Waals surface area contributed by atoms with Crippen LogP contribution < -0.4 is 5.32 Å². The van der Waals surface area contributed by atoms with Gasteiger partial charge in [0.2, 0.25) is 0 Å². The molecule has 0 aliphatic carbocycles. The van der Waals surface area contributed by atoms with E-state index < -0.39 is 0 Å². The Labute approximate surface area is 179 Å². The number of nitrogens with one attached hydrogen (secondary N) is 1. The van der Waals surface area contributed by atoms with Crippen LogP contribution in [0.25, 0.3) is 0 Å². The van der Waals surface area contributed by atoms with Crippen LogP contribution >= 0.6 is 23.6 Å². The zero-order chi connectivity index (χ0) is 19.9. The summed E-state index contributed by atoms with van der Waals surface area (Å²) in [5.41, 5.74) is 3.60. The average molecular weight is 416 g/mol. The SMILES string of the molecule is Cc1cc(C)cc(NC(=S)N(CCCN2CCC(C)CC2)Cc2cccs2)c1. The summed E-state index contributed by atoms with van der Waals surface area (Å²) in [7, 11) is 0. The molecule has 3 rings (SSSR count). The number of thiophene rings is 1. The average Bonchev–Trinajstić information content (AvgIpc) is 3.15. The number of piperidine rings is 1. The third-order valence-electron chi connectivity index (χ3n) is 5.47. The van der Waals surface area contributed by atoms with E-state index in [0.717, 1.165) is 36.2 Å². The molecule has 152 valence electrons. The Bertz CT molecular complexity index is 729. The molecule has 1 aliphatic heterocycles. The summed E-state index contributed by atoms with van der Waals surface area (Å²) < 4.78 is 0. The quantitative estimate of drug-likeness (QED) is 0.586. The summed E-state index contributed by atoms with van der Waals surface area (Å²) in [4.78, 5) is 6.30. The van der Waals surface area contributed by atoms with Gasteiger partial charge in [-0.15, -0.1) is 11.3 Å². The van der Waals surface area contributed by atoms with Crippen molar-refractivity contribution in [1.29, 1.82) is 0 Å². The predicted octanol–water partition coefficient (Wildman–Crippen LogP) is 5.69. The Kier molecular flexibility index (Phi) is 7.89. The van der Waals surface area contributed by atoms with Crippen molar-refractivity contribution >= 4 is 34.4 Å². The molecule has 2 aromatic rings. The first kappa shape index (κ1) is 21.3. The monoisotopic (exact) mass is 415 g/mol. The molecular formula is C23H33N3S2. The number of thiocarbonyl (C=S) groups is 1. The smallest absolute Gasteiger partial charge is 0.173 e. The van der Waals surface area contributed by atoms with Crippen LogP contribution in [0.3, 0.4) is 0 Å². The number of hydrogen-bond acceptors (Lipinski definition) is 3. The first-order chi connectivity index (χ1) is 13.5. The van der Waals surface area contributed by atoms with E-state index >= 15 is 0 Å². The van der Waals surface area contributed by atoms with Crippen LogP contribution in [0.4, 0.5) is 5.69 Å². The van der Waals surface area contributed by atoms with Gasteiger partial charge in [-0.3, -0.25) is 0 Å². The molecule has 0 radical (unpaired) electrons. The minimum absolute atomic E-state index is 0.825. The van der Waals surface area contributed by atoms with Crippen molar-refractivity contribution in [2.75, 3.05) is 31.5 Å². The van der Waals surface area contributed by atoms with Gasteiger partial charge in [0.25, 0.3) is 0 Å². The highest BCUT2D eigenvalue weighted by Gasteiger charge is 2.17. The molecule has 5 heteroatoms. The molecule has 0 spiro atoms. The van der Waals surface area contributed by atoms with Crippen LogP contribution in [-0.4, -0.2) is 41.1 Å². The van der Waals surface area contributed by atoms with E-state index in [-0.39, 0.29) is 0 Å². The lowest BCUT2D eigenvalue weighted by molar-refractivity contribution is 0.186. The molecule has 1 saturated heterocycles. The lowest BCUT2D eigenvalue weighted by Crippen LogP contribution is -2.38. The summed E-state index contributed by atoms with van der Waals surface area (Å²) in [6.45, 7) is 12.2. The van der Waals surface area contributed by atoms with Gasteiger partial charge >= 0.3 is 0 Å². The maximum Gasteiger partial charge on any atom is 0.173 e. The van der Waals surface area contributed by atoms with Crippen molar-refractivity contribution in [3.8, 4) is 0 Å². The van der Waals surface area contributed by atoms with Crippen molar-refractivity contribution in [1.82, 2.24) is 9.80 Å². The van der Waals surface area contributed by atoms with Crippen molar-refractivity contribution < 1.29 is 0 Å². The summed E-state index contributed by atoms with van der Waals surface area (Å²) in [5.74, 6) is 0.890. The van der Waals surface area contributed by atoms with E-state index in [0.29, 0.717) is 0 Å². The van der Waals surface area contributed by atoms with Crippen molar-refractivity contribution in [2.24, 2.45) is 5.92 Å². The Morgan fingerprint density at radius 2 is 1.93 bits per heavy atom. The van der Waals surface area contributed by atoms with E-state index in [1.54, 1.807) is 11.3 Å². The van der Waals surface area contributed by atoms with Crippen LogP contribution in [-0.2, 0) is 6.54 Å². The molecule has 28 heavy (non-hydrogen) atoms. The zero-order valence-corrected chi connectivity index (χ0v) is 19.0. The van der Waals surface area contributed by atoms with E-state index in [1.165, 1.54) is 48.5 Å². The number of likely N-dealkylation sites (tertiary alicyclic amines) is 1. The van der Waals surface area contributed by atoms with Crippen LogP contribution in [0.15, 0.2) is 35.7 Å². The standard InChI is InChI=1S/C23H33N3S2/c1-18-7-11-25(12-8-18)9-5-10-26(17-22-6-4-13-28-22)23(27)24-21-15-19(2)14-20(3)16-21/h4,6,13-16,18H,5,7-12,17H2,1-3H3,(H,24,27). The normalized spacial score (nSPS) is 15.5. The van der Waals surface area contributed by atoms with Gasteiger partial charge in [0, 0.05) is 17.1 Å². The van der Waals surface area contributed by atoms with Gasteiger partial charge in [0.15, 0.2) is 5.11 Å². The number of aryl methyl sites for hydroxylation is 2. The summed E-state index contributed by atoms with van der Waals surface area (Å²) >= 11 is 7.61. The van der Waals surface area contributed by atoms with Gasteiger partial charge in [-0.2, -0.15) is 0 Å². The lowest BCUT2D eigenvalue weighted by atomic mass is 9.99. The Morgan fingerprint density at radius 1 is 1.21 bits per heavy atom. The zero-order valence-electron chi connectivity index (χ0n) is 17.4.